The molecule has 1 heterocycles. The van der Waals surface area contributed by atoms with Gasteiger partial charge in [0.05, 0.1) is 12.0 Å². The lowest BCUT2D eigenvalue weighted by molar-refractivity contribution is -0.727. The second-order valence-corrected chi connectivity index (χ2v) is 11.5. The number of hydrogen-bond acceptors (Lipinski definition) is 0. The van der Waals surface area contributed by atoms with Gasteiger partial charge in [0.15, 0.2) is 0 Å². The van der Waals surface area contributed by atoms with Crippen molar-refractivity contribution in [3.05, 3.63) is 18.2 Å². The van der Waals surface area contributed by atoms with Crippen LogP contribution in [0.5, 0.6) is 0 Å². The maximum absolute atomic E-state index is 3.68. The highest BCUT2D eigenvalue weighted by Crippen LogP contribution is 2.27. The van der Waals surface area contributed by atoms with Gasteiger partial charge in [-0.25, -0.2) is 9.55 Å². The molecule has 0 amide bonds. The Morgan fingerprint density at radius 3 is 1.43 bits per heavy atom. The van der Waals surface area contributed by atoms with Crippen molar-refractivity contribution in [2.45, 2.75) is 194 Å². The minimum absolute atomic E-state index is 0.623. The van der Waals surface area contributed by atoms with Gasteiger partial charge in [0.2, 0.25) is 0 Å². The highest BCUT2D eigenvalue weighted by atomic mass is 15.1. The monoisotopic (exact) mass is 490 g/mol. The Balaban J connectivity index is 2.26. The molecule has 2 heteroatoms. The van der Waals surface area contributed by atoms with Crippen LogP contribution in [0.25, 0.3) is 0 Å². The molecule has 0 aliphatic rings. The largest absolute Gasteiger partial charge is 0.257 e. The molecular weight excluding hydrogens is 424 g/mol. The lowest BCUT2D eigenvalue weighted by atomic mass is 9.93. The zero-order valence-electron chi connectivity index (χ0n) is 24.7. The molecule has 2 unspecified atom stereocenters. The van der Waals surface area contributed by atoms with Gasteiger partial charge in [-0.1, -0.05) is 149 Å². The fraction of sp³-hybridized carbons (Fsp3) is 0.909. The van der Waals surface area contributed by atoms with Crippen LogP contribution in [0.1, 0.15) is 200 Å². The van der Waals surface area contributed by atoms with Crippen LogP contribution in [0.2, 0.25) is 0 Å². The Bertz CT molecular complexity index is 549. The van der Waals surface area contributed by atoms with Crippen molar-refractivity contribution in [3.8, 4) is 0 Å². The average Bonchev–Trinajstić information content (AvgIpc) is 3.35. The summed E-state index contributed by atoms with van der Waals surface area (Å²) in [6.45, 7) is 9.37. The van der Waals surface area contributed by atoms with Crippen molar-refractivity contribution < 1.29 is 4.57 Å². The summed E-state index contributed by atoms with van der Waals surface area (Å²) in [5.74, 6) is 2.23. The Kier molecular flexibility index (Phi) is 21.7. The van der Waals surface area contributed by atoms with Crippen LogP contribution in [-0.4, -0.2) is 4.98 Å². The summed E-state index contributed by atoms with van der Waals surface area (Å²) >= 11 is 0. The van der Waals surface area contributed by atoms with Crippen molar-refractivity contribution in [1.29, 1.82) is 0 Å². The first-order valence-electron chi connectivity index (χ1n) is 16.3. The molecule has 1 aromatic heterocycles. The lowest BCUT2D eigenvalue weighted by Gasteiger charge is -2.17. The number of rotatable bonds is 26. The van der Waals surface area contributed by atoms with Gasteiger partial charge in [-0.15, -0.1) is 0 Å². The molecule has 0 spiro atoms. The summed E-state index contributed by atoms with van der Waals surface area (Å²) in [4.78, 5) is 3.68. The van der Waals surface area contributed by atoms with Gasteiger partial charge in [0, 0.05) is 0 Å². The molecule has 1 aromatic rings. The van der Waals surface area contributed by atoms with Gasteiger partial charge < -0.3 is 0 Å². The maximum Gasteiger partial charge on any atom is 0.257 e. The maximum atomic E-state index is 3.68. The smallest absolute Gasteiger partial charge is 0.247 e. The van der Waals surface area contributed by atoms with E-state index in [0.717, 1.165) is 0 Å². The molecule has 0 fully saturated rings. The molecule has 0 saturated carbocycles. The quantitative estimate of drug-likeness (QED) is 0.0985. The third kappa shape index (κ3) is 16.6. The van der Waals surface area contributed by atoms with E-state index in [0.29, 0.717) is 12.0 Å². The molecule has 2 nitrogen and oxygen atoms in total. The number of hydrogen-bond donors (Lipinski definition) is 1. The van der Waals surface area contributed by atoms with Crippen LogP contribution in [0.3, 0.4) is 0 Å². The zero-order valence-corrected chi connectivity index (χ0v) is 24.7. The number of nitrogens with zero attached hydrogens (tertiary/aromatic N) is 1. The van der Waals surface area contributed by atoms with E-state index in [4.69, 9.17) is 0 Å². The molecule has 1 N–H and O–H groups in total. The molecular formula is C33H65N2+. The van der Waals surface area contributed by atoms with Crippen molar-refractivity contribution in [2.75, 3.05) is 0 Å². The molecule has 35 heavy (non-hydrogen) atoms. The first-order chi connectivity index (χ1) is 17.2. The number of imidazole rings is 1. The fourth-order valence-electron chi connectivity index (χ4n) is 5.72. The van der Waals surface area contributed by atoms with Crippen LogP contribution in [-0.2, 0) is 0 Å². The third-order valence-corrected chi connectivity index (χ3v) is 8.14. The van der Waals surface area contributed by atoms with E-state index in [9.17, 15) is 0 Å². The SMILES string of the molecule is CCCCCCCCCCCCCCCCC(CCCCC)c1[nH]cc[n+]1C(C)CCCCCC. The Hall–Kier alpha value is -0.790. The van der Waals surface area contributed by atoms with E-state index in [1.54, 1.807) is 0 Å². The molecule has 0 saturated heterocycles. The Morgan fingerprint density at radius 1 is 0.543 bits per heavy atom. The van der Waals surface area contributed by atoms with Crippen molar-refractivity contribution in [1.82, 2.24) is 4.98 Å². The zero-order chi connectivity index (χ0) is 25.4. The van der Waals surface area contributed by atoms with Crippen molar-refractivity contribution in [2.24, 2.45) is 0 Å². The van der Waals surface area contributed by atoms with Crippen LogP contribution in [0, 0.1) is 0 Å². The van der Waals surface area contributed by atoms with E-state index >= 15 is 0 Å². The van der Waals surface area contributed by atoms with Gasteiger partial charge in [-0.2, -0.15) is 0 Å². The van der Waals surface area contributed by atoms with Crippen molar-refractivity contribution >= 4 is 0 Å². The minimum atomic E-state index is 0.623. The molecule has 0 aliphatic heterocycles. The van der Waals surface area contributed by atoms with Crippen LogP contribution >= 0.6 is 0 Å². The summed E-state index contributed by atoms with van der Waals surface area (Å²) in [5.41, 5.74) is 0. The van der Waals surface area contributed by atoms with Crippen molar-refractivity contribution in [3.63, 3.8) is 0 Å². The summed E-state index contributed by atoms with van der Waals surface area (Å²) in [6.07, 6.45) is 38.3. The van der Waals surface area contributed by atoms with Crippen LogP contribution in [0.15, 0.2) is 12.4 Å². The van der Waals surface area contributed by atoms with Crippen LogP contribution in [0.4, 0.5) is 0 Å². The number of aromatic nitrogens is 2. The minimum Gasteiger partial charge on any atom is -0.247 e. The topological polar surface area (TPSA) is 19.7 Å². The normalized spacial score (nSPS) is 13.4. The van der Waals surface area contributed by atoms with Gasteiger partial charge in [0.1, 0.15) is 12.4 Å². The molecule has 0 radical (unpaired) electrons. The first-order valence-corrected chi connectivity index (χ1v) is 16.3. The van der Waals surface area contributed by atoms with E-state index in [2.05, 4.69) is 49.6 Å². The number of H-pyrrole nitrogens is 1. The number of unbranched alkanes of at least 4 members (excludes halogenated alkanes) is 18. The fourth-order valence-corrected chi connectivity index (χ4v) is 5.72. The van der Waals surface area contributed by atoms with E-state index in [1.165, 1.54) is 160 Å². The third-order valence-electron chi connectivity index (χ3n) is 8.14. The summed E-state index contributed by atoms with van der Waals surface area (Å²) in [6, 6.07) is 0.623. The highest BCUT2D eigenvalue weighted by Gasteiger charge is 2.25. The number of nitrogens with one attached hydrogen (secondary N) is 1. The van der Waals surface area contributed by atoms with E-state index in [-0.39, 0.29) is 0 Å². The Morgan fingerprint density at radius 2 is 0.914 bits per heavy atom. The molecule has 0 aromatic carbocycles. The molecule has 0 aliphatic carbocycles. The van der Waals surface area contributed by atoms with Gasteiger partial charge >= 0.3 is 0 Å². The summed E-state index contributed by atoms with van der Waals surface area (Å²) in [7, 11) is 0. The molecule has 2 atom stereocenters. The average molecular weight is 490 g/mol. The second kappa shape index (κ2) is 23.6. The first kappa shape index (κ1) is 32.2. The molecule has 1 rings (SSSR count). The van der Waals surface area contributed by atoms with Gasteiger partial charge in [-0.3, -0.25) is 0 Å². The lowest BCUT2D eigenvalue weighted by Crippen LogP contribution is -2.41. The van der Waals surface area contributed by atoms with Gasteiger partial charge in [0.25, 0.3) is 5.82 Å². The van der Waals surface area contributed by atoms with Gasteiger partial charge in [-0.05, 0) is 32.6 Å². The second-order valence-electron chi connectivity index (χ2n) is 11.5. The van der Waals surface area contributed by atoms with E-state index in [1.807, 2.05) is 0 Å². The summed E-state index contributed by atoms with van der Waals surface area (Å²) < 4.78 is 2.59. The number of aromatic amines is 1. The van der Waals surface area contributed by atoms with E-state index < -0.39 is 0 Å². The summed E-state index contributed by atoms with van der Waals surface area (Å²) in [5, 5.41) is 0. The molecule has 0 bridgehead atoms. The highest BCUT2D eigenvalue weighted by molar-refractivity contribution is 4.90. The Labute approximate surface area is 221 Å². The molecule has 206 valence electrons. The standard InChI is InChI=1S/C33H64N2/c1-5-8-11-13-14-15-16-17-18-19-20-21-22-25-28-32(27-23-10-7-3)33-34-29-30-35(33)31(4)26-24-12-9-6-2/h29-32H,5-28H2,1-4H3/p+1. The predicted octanol–water partition coefficient (Wildman–Crippen LogP) is 11.4. The predicted molar refractivity (Wildman–Crippen MR) is 156 cm³/mol. The van der Waals surface area contributed by atoms with Crippen LogP contribution < -0.4 is 4.57 Å².